The fraction of sp³-hybridized carbons (Fsp3) is 0.529. The lowest BCUT2D eigenvalue weighted by molar-refractivity contribution is -0.141. The van der Waals surface area contributed by atoms with Crippen LogP contribution in [0, 0.1) is 0 Å². The first-order chi connectivity index (χ1) is 11.0. The Hall–Kier alpha value is -1.69. The second-order valence-corrected chi connectivity index (χ2v) is 8.03. The van der Waals surface area contributed by atoms with Gasteiger partial charge in [0.25, 0.3) is 5.91 Å². The number of benzene rings is 1. The quantitative estimate of drug-likeness (QED) is 0.911. The van der Waals surface area contributed by atoms with Gasteiger partial charge in [0, 0.05) is 35.7 Å². The predicted molar refractivity (Wildman–Crippen MR) is 88.0 cm³/mol. The topological polar surface area (TPSA) is 74.7 Å². The van der Waals surface area contributed by atoms with Crippen molar-refractivity contribution < 1.29 is 18.9 Å². The van der Waals surface area contributed by atoms with E-state index in [1.807, 2.05) is 12.1 Å². The molecule has 5 nitrogen and oxygen atoms in total. The molecule has 1 atom stereocenters. The van der Waals surface area contributed by atoms with E-state index in [1.165, 1.54) is 11.8 Å². The number of hydrogen-bond donors (Lipinski definition) is 1. The highest BCUT2D eigenvalue weighted by atomic mass is 32.2. The van der Waals surface area contributed by atoms with Crippen LogP contribution in [0.1, 0.15) is 40.7 Å². The Morgan fingerprint density at radius 1 is 1.22 bits per heavy atom. The van der Waals surface area contributed by atoms with Crippen molar-refractivity contribution in [1.29, 1.82) is 0 Å². The average molecular weight is 335 g/mol. The molecule has 1 N–H and O–H groups in total. The number of fused-ring (bicyclic) bond motifs is 1. The number of amides is 1. The van der Waals surface area contributed by atoms with Gasteiger partial charge in [0.1, 0.15) is 4.75 Å². The first kappa shape index (κ1) is 16.2. The first-order valence-corrected chi connectivity index (χ1v) is 9.48. The molecule has 1 heterocycles. The van der Waals surface area contributed by atoms with Crippen LogP contribution in [-0.2, 0) is 28.4 Å². The summed E-state index contributed by atoms with van der Waals surface area (Å²) in [6.45, 7) is 0.683. The number of carbonyl (C=O) groups excluding carboxylic acids is 1. The second kappa shape index (κ2) is 6.07. The lowest BCUT2D eigenvalue weighted by Gasteiger charge is -2.37. The van der Waals surface area contributed by atoms with E-state index in [9.17, 15) is 18.9 Å². The smallest absolute Gasteiger partial charge is 0.322 e. The molecule has 124 valence electrons. The van der Waals surface area contributed by atoms with Gasteiger partial charge in [0.05, 0.1) is 0 Å². The van der Waals surface area contributed by atoms with Crippen molar-refractivity contribution in [2.45, 2.75) is 36.9 Å². The van der Waals surface area contributed by atoms with Gasteiger partial charge < -0.3 is 10.0 Å². The number of rotatable bonds is 3. The summed E-state index contributed by atoms with van der Waals surface area (Å²) in [6.07, 6.45) is 4.96. The minimum atomic E-state index is -1.45. The molecule has 0 saturated carbocycles. The maximum Gasteiger partial charge on any atom is 0.322 e. The molecule has 1 aromatic carbocycles. The summed E-state index contributed by atoms with van der Waals surface area (Å²) < 4.78 is 10.7. The van der Waals surface area contributed by atoms with Gasteiger partial charge in [-0.15, -0.1) is 0 Å². The van der Waals surface area contributed by atoms with Gasteiger partial charge in [-0.25, -0.2) is 0 Å². The van der Waals surface area contributed by atoms with Crippen molar-refractivity contribution >= 4 is 22.7 Å². The van der Waals surface area contributed by atoms with Crippen molar-refractivity contribution in [3.63, 3.8) is 0 Å². The standard InChI is InChI=1S/C17H21NO4S/c1-23(22)17(16(20)21)8-10-18(11-9-17)15(19)14-7-3-5-12-4-2-6-13(12)14/h3,5,7H,2,4,6,8-11H2,1H3,(H,20,21). The highest BCUT2D eigenvalue weighted by Crippen LogP contribution is 2.31. The molecule has 1 saturated heterocycles. The van der Waals surface area contributed by atoms with E-state index >= 15 is 0 Å². The number of aliphatic carboxylic acids is 1. The van der Waals surface area contributed by atoms with Crippen LogP contribution < -0.4 is 0 Å². The minimum Gasteiger partial charge on any atom is -0.480 e. The van der Waals surface area contributed by atoms with Crippen LogP contribution >= 0.6 is 0 Å². The zero-order valence-electron chi connectivity index (χ0n) is 13.2. The monoisotopic (exact) mass is 335 g/mol. The second-order valence-electron chi connectivity index (χ2n) is 6.34. The molecule has 1 aromatic rings. The molecule has 23 heavy (non-hydrogen) atoms. The summed E-state index contributed by atoms with van der Waals surface area (Å²) in [5, 5.41) is 9.43. The van der Waals surface area contributed by atoms with Gasteiger partial charge >= 0.3 is 5.97 Å². The highest BCUT2D eigenvalue weighted by molar-refractivity contribution is 7.86. The van der Waals surface area contributed by atoms with E-state index in [2.05, 4.69) is 6.07 Å². The fourth-order valence-electron chi connectivity index (χ4n) is 3.69. The van der Waals surface area contributed by atoms with Gasteiger partial charge in [-0.2, -0.15) is 0 Å². The molecule has 1 amide bonds. The molecule has 1 aliphatic heterocycles. The van der Waals surface area contributed by atoms with Crippen molar-refractivity contribution in [3.8, 4) is 0 Å². The third-order valence-electron chi connectivity index (χ3n) is 5.17. The maximum absolute atomic E-state index is 12.8. The van der Waals surface area contributed by atoms with E-state index in [-0.39, 0.29) is 18.7 Å². The zero-order chi connectivity index (χ0) is 16.6. The summed E-state index contributed by atoms with van der Waals surface area (Å²) >= 11 is 0. The van der Waals surface area contributed by atoms with Gasteiger partial charge in [-0.05, 0) is 49.3 Å². The number of carboxylic acid groups (broad SMARTS) is 1. The Bertz CT molecular complexity index is 661. The molecule has 0 radical (unpaired) electrons. The molecule has 0 bridgehead atoms. The van der Waals surface area contributed by atoms with Crippen LogP contribution in [0.15, 0.2) is 18.2 Å². The van der Waals surface area contributed by atoms with Gasteiger partial charge in [0.2, 0.25) is 0 Å². The van der Waals surface area contributed by atoms with Crippen LogP contribution in [0.4, 0.5) is 0 Å². The van der Waals surface area contributed by atoms with Crippen LogP contribution in [0.2, 0.25) is 0 Å². The first-order valence-electron chi connectivity index (χ1n) is 7.93. The molecule has 1 fully saturated rings. The van der Waals surface area contributed by atoms with Crippen LogP contribution in [-0.4, -0.2) is 50.2 Å². The van der Waals surface area contributed by atoms with Crippen LogP contribution in [0.25, 0.3) is 0 Å². The molecule has 0 spiro atoms. The Kier molecular flexibility index (Phi) is 4.27. The number of carbonyl (C=O) groups is 2. The zero-order valence-corrected chi connectivity index (χ0v) is 14.0. The van der Waals surface area contributed by atoms with E-state index in [1.54, 1.807) is 4.90 Å². The lowest BCUT2D eigenvalue weighted by Crippen LogP contribution is -2.53. The van der Waals surface area contributed by atoms with Gasteiger partial charge in [-0.3, -0.25) is 13.8 Å². The number of carboxylic acids is 1. The lowest BCUT2D eigenvalue weighted by atomic mass is 9.94. The fourth-order valence-corrected chi connectivity index (χ4v) is 4.69. The molecular formula is C17H21NO4S. The normalized spacial score (nSPS) is 20.8. The van der Waals surface area contributed by atoms with E-state index in [4.69, 9.17) is 0 Å². The minimum absolute atomic E-state index is 0.0235. The summed E-state index contributed by atoms with van der Waals surface area (Å²) in [5.41, 5.74) is 3.15. The summed E-state index contributed by atoms with van der Waals surface area (Å²) in [6, 6.07) is 5.86. The van der Waals surface area contributed by atoms with Crippen molar-refractivity contribution in [2.75, 3.05) is 19.3 Å². The summed E-state index contributed by atoms with van der Waals surface area (Å²) in [4.78, 5) is 26.0. The predicted octanol–water partition coefficient (Wildman–Crippen LogP) is 1.61. The van der Waals surface area contributed by atoms with E-state index in [0.29, 0.717) is 13.1 Å². The molecule has 2 aliphatic rings. The highest BCUT2D eigenvalue weighted by Gasteiger charge is 2.46. The number of likely N-dealkylation sites (tertiary alicyclic amines) is 1. The SMILES string of the molecule is CS(=O)C1(C(=O)O)CCN(C(=O)c2cccc3c2CCC3)CC1. The molecule has 3 rings (SSSR count). The van der Waals surface area contributed by atoms with E-state index < -0.39 is 21.5 Å². The van der Waals surface area contributed by atoms with Gasteiger partial charge in [-0.1, -0.05) is 12.1 Å². The number of piperidine rings is 1. The third kappa shape index (κ3) is 2.69. The molecular weight excluding hydrogens is 314 g/mol. The van der Waals surface area contributed by atoms with Crippen molar-refractivity contribution in [1.82, 2.24) is 4.90 Å². The summed E-state index contributed by atoms with van der Waals surface area (Å²) in [5.74, 6) is -1.05. The average Bonchev–Trinajstić information content (AvgIpc) is 3.02. The Labute approximate surface area is 138 Å². The summed E-state index contributed by atoms with van der Waals surface area (Å²) in [7, 11) is -1.45. The Balaban J connectivity index is 1.78. The molecule has 1 aliphatic carbocycles. The number of aryl methyl sites for hydroxylation is 1. The number of hydrogen-bond acceptors (Lipinski definition) is 3. The Morgan fingerprint density at radius 3 is 2.52 bits per heavy atom. The van der Waals surface area contributed by atoms with Gasteiger partial charge in [0.15, 0.2) is 0 Å². The van der Waals surface area contributed by atoms with Crippen LogP contribution in [0.5, 0.6) is 0 Å². The molecule has 0 aromatic heterocycles. The third-order valence-corrected chi connectivity index (χ3v) is 6.86. The van der Waals surface area contributed by atoms with Crippen molar-refractivity contribution in [2.24, 2.45) is 0 Å². The van der Waals surface area contributed by atoms with Crippen LogP contribution in [0.3, 0.4) is 0 Å². The van der Waals surface area contributed by atoms with E-state index in [0.717, 1.165) is 30.4 Å². The molecule has 6 heteroatoms. The largest absolute Gasteiger partial charge is 0.480 e. The maximum atomic E-state index is 12.8. The number of nitrogens with zero attached hydrogens (tertiary/aromatic N) is 1. The Morgan fingerprint density at radius 2 is 1.91 bits per heavy atom. The van der Waals surface area contributed by atoms with Crippen molar-refractivity contribution in [3.05, 3.63) is 34.9 Å². The molecule has 1 unspecified atom stereocenters.